The molecule has 0 saturated heterocycles. The van der Waals surface area contributed by atoms with Crippen LogP contribution >= 0.6 is 15.9 Å². The molecule has 0 aromatic heterocycles. The van der Waals surface area contributed by atoms with E-state index in [1.165, 1.54) is 19.3 Å². The zero-order valence-corrected chi connectivity index (χ0v) is 12.8. The van der Waals surface area contributed by atoms with Gasteiger partial charge >= 0.3 is 0 Å². The largest absolute Gasteiger partial charge is 0.294 e. The quantitative estimate of drug-likeness (QED) is 0.705. The van der Waals surface area contributed by atoms with Crippen LogP contribution in [0.1, 0.15) is 54.9 Å². The van der Waals surface area contributed by atoms with E-state index in [4.69, 9.17) is 0 Å². The predicted octanol–water partition coefficient (Wildman–Crippen LogP) is 5.16. The first kappa shape index (κ1) is 13.8. The van der Waals surface area contributed by atoms with E-state index in [-0.39, 0.29) is 5.92 Å². The van der Waals surface area contributed by atoms with Crippen LogP contribution in [0.3, 0.4) is 0 Å². The molecule has 0 atom stereocenters. The van der Waals surface area contributed by atoms with E-state index in [1.807, 2.05) is 25.1 Å². The first-order valence-corrected chi connectivity index (χ1v) is 7.71. The van der Waals surface area contributed by atoms with E-state index in [0.717, 1.165) is 34.4 Å². The molecule has 1 aliphatic rings. The summed E-state index contributed by atoms with van der Waals surface area (Å²) in [5.74, 6) is 1.46. The second-order valence-electron chi connectivity index (χ2n) is 5.45. The fourth-order valence-electron chi connectivity index (χ4n) is 2.96. The van der Waals surface area contributed by atoms with Gasteiger partial charge in [-0.2, -0.15) is 0 Å². The number of carbonyl (C=O) groups excluding carboxylic acids is 1. The Hall–Kier alpha value is -0.630. The lowest BCUT2D eigenvalue weighted by Gasteiger charge is -2.27. The van der Waals surface area contributed by atoms with Crippen molar-refractivity contribution in [3.8, 4) is 0 Å². The summed E-state index contributed by atoms with van der Waals surface area (Å²) in [5, 5.41) is 0. The van der Waals surface area contributed by atoms with Gasteiger partial charge in [0.25, 0.3) is 0 Å². The minimum atomic E-state index is 0.257. The molecule has 0 radical (unpaired) electrons. The van der Waals surface area contributed by atoms with Crippen molar-refractivity contribution in [2.24, 2.45) is 11.8 Å². The number of benzene rings is 1. The molecule has 0 aliphatic heterocycles. The first-order valence-electron chi connectivity index (χ1n) is 6.92. The van der Waals surface area contributed by atoms with E-state index >= 15 is 0 Å². The third-order valence-electron chi connectivity index (χ3n) is 4.25. The van der Waals surface area contributed by atoms with Crippen LogP contribution in [0.2, 0.25) is 0 Å². The van der Waals surface area contributed by atoms with Gasteiger partial charge in [0.15, 0.2) is 5.78 Å². The van der Waals surface area contributed by atoms with Gasteiger partial charge in [0.2, 0.25) is 0 Å². The maximum Gasteiger partial charge on any atom is 0.166 e. The summed E-state index contributed by atoms with van der Waals surface area (Å²) in [6, 6.07) is 5.97. The fraction of sp³-hybridized carbons (Fsp3) is 0.562. The third kappa shape index (κ3) is 3.03. The smallest absolute Gasteiger partial charge is 0.166 e. The van der Waals surface area contributed by atoms with E-state index in [0.29, 0.717) is 5.78 Å². The summed E-state index contributed by atoms with van der Waals surface area (Å²) in [7, 11) is 0. The van der Waals surface area contributed by atoms with Crippen molar-refractivity contribution in [3.05, 3.63) is 33.8 Å². The van der Waals surface area contributed by atoms with E-state index in [1.54, 1.807) is 0 Å². The number of Topliss-reactive ketones (excluding diaryl/α,β-unsaturated/α-hetero) is 1. The Morgan fingerprint density at radius 3 is 2.50 bits per heavy atom. The molecular weight excluding hydrogens is 288 g/mol. The second kappa shape index (κ2) is 6.01. The maximum atomic E-state index is 12.5. The van der Waals surface area contributed by atoms with E-state index in [2.05, 4.69) is 22.9 Å². The lowest BCUT2D eigenvalue weighted by molar-refractivity contribution is 0.0870. The molecule has 1 saturated carbocycles. The predicted molar refractivity (Wildman–Crippen MR) is 78.9 cm³/mol. The van der Waals surface area contributed by atoms with Crippen LogP contribution in [0.4, 0.5) is 0 Å². The number of halogens is 1. The van der Waals surface area contributed by atoms with Crippen LogP contribution in [-0.4, -0.2) is 5.78 Å². The highest BCUT2D eigenvalue weighted by atomic mass is 79.9. The number of hydrogen-bond acceptors (Lipinski definition) is 1. The van der Waals surface area contributed by atoms with Crippen molar-refractivity contribution in [2.75, 3.05) is 0 Å². The number of hydrogen-bond donors (Lipinski definition) is 0. The van der Waals surface area contributed by atoms with Crippen molar-refractivity contribution < 1.29 is 4.79 Å². The number of aryl methyl sites for hydroxylation is 1. The molecule has 1 aliphatic carbocycles. The normalized spacial score (nSPS) is 23.9. The van der Waals surface area contributed by atoms with Gasteiger partial charge in [-0.3, -0.25) is 4.79 Å². The van der Waals surface area contributed by atoms with Gasteiger partial charge < -0.3 is 0 Å². The zero-order chi connectivity index (χ0) is 13.1. The summed E-state index contributed by atoms with van der Waals surface area (Å²) in [4.78, 5) is 12.5. The number of carbonyl (C=O) groups is 1. The molecule has 0 unspecified atom stereocenters. The van der Waals surface area contributed by atoms with Crippen molar-refractivity contribution in [3.63, 3.8) is 0 Å². The van der Waals surface area contributed by atoms with Gasteiger partial charge in [0, 0.05) is 16.0 Å². The maximum absolute atomic E-state index is 12.5. The topological polar surface area (TPSA) is 17.1 Å². The summed E-state index contributed by atoms with van der Waals surface area (Å²) < 4.78 is 1.05. The highest BCUT2D eigenvalue weighted by molar-refractivity contribution is 9.10. The Kier molecular flexibility index (Phi) is 4.60. The highest BCUT2D eigenvalue weighted by Crippen LogP contribution is 2.33. The van der Waals surface area contributed by atoms with Crippen LogP contribution in [0, 0.1) is 18.8 Å². The molecule has 18 heavy (non-hydrogen) atoms. The molecule has 98 valence electrons. The number of rotatable bonds is 3. The fourth-order valence-corrected chi connectivity index (χ4v) is 3.43. The number of ketones is 1. The Labute approximate surface area is 118 Å². The molecule has 0 amide bonds. The Morgan fingerprint density at radius 2 is 1.94 bits per heavy atom. The second-order valence-corrected chi connectivity index (χ2v) is 6.37. The molecule has 1 aromatic rings. The minimum absolute atomic E-state index is 0.257. The molecule has 0 N–H and O–H groups in total. The van der Waals surface area contributed by atoms with Gasteiger partial charge in [0.1, 0.15) is 0 Å². The van der Waals surface area contributed by atoms with Gasteiger partial charge in [-0.05, 0) is 56.2 Å². The Balaban J connectivity index is 2.08. The van der Waals surface area contributed by atoms with Gasteiger partial charge in [-0.15, -0.1) is 0 Å². The first-order chi connectivity index (χ1) is 8.61. The molecule has 2 rings (SSSR count). The zero-order valence-electron chi connectivity index (χ0n) is 11.2. The van der Waals surface area contributed by atoms with Crippen LogP contribution < -0.4 is 0 Å². The molecule has 0 bridgehead atoms. The average Bonchev–Trinajstić information content (AvgIpc) is 2.38. The SMILES string of the molecule is CCC1CCC(C(=O)c2ccc(Br)cc2C)CC1. The Bertz CT molecular complexity index is 431. The molecule has 1 aromatic carbocycles. The van der Waals surface area contributed by atoms with E-state index in [9.17, 15) is 4.79 Å². The summed E-state index contributed by atoms with van der Waals surface area (Å²) in [5.41, 5.74) is 2.00. The summed E-state index contributed by atoms with van der Waals surface area (Å²) >= 11 is 3.45. The molecule has 0 spiro atoms. The molecule has 1 fully saturated rings. The lowest BCUT2D eigenvalue weighted by Crippen LogP contribution is -2.22. The van der Waals surface area contributed by atoms with Crippen molar-refractivity contribution in [2.45, 2.75) is 46.0 Å². The highest BCUT2D eigenvalue weighted by Gasteiger charge is 2.26. The van der Waals surface area contributed by atoms with Crippen LogP contribution in [0.5, 0.6) is 0 Å². The van der Waals surface area contributed by atoms with Gasteiger partial charge in [-0.25, -0.2) is 0 Å². The van der Waals surface area contributed by atoms with Crippen LogP contribution in [-0.2, 0) is 0 Å². The molecule has 1 nitrogen and oxygen atoms in total. The monoisotopic (exact) mass is 308 g/mol. The molecule has 0 heterocycles. The minimum Gasteiger partial charge on any atom is -0.294 e. The lowest BCUT2D eigenvalue weighted by atomic mass is 9.77. The van der Waals surface area contributed by atoms with Crippen molar-refractivity contribution in [1.29, 1.82) is 0 Å². The van der Waals surface area contributed by atoms with Crippen molar-refractivity contribution in [1.82, 2.24) is 0 Å². The average molecular weight is 309 g/mol. The molecule has 2 heteroatoms. The molecular formula is C16H21BrO. The Morgan fingerprint density at radius 1 is 1.28 bits per heavy atom. The van der Waals surface area contributed by atoms with Crippen LogP contribution in [0.15, 0.2) is 22.7 Å². The third-order valence-corrected chi connectivity index (χ3v) is 4.74. The van der Waals surface area contributed by atoms with Gasteiger partial charge in [0.05, 0.1) is 0 Å². The summed E-state index contributed by atoms with van der Waals surface area (Å²) in [6.45, 7) is 4.28. The van der Waals surface area contributed by atoms with Gasteiger partial charge in [-0.1, -0.05) is 35.3 Å². The van der Waals surface area contributed by atoms with Crippen LogP contribution in [0.25, 0.3) is 0 Å². The summed E-state index contributed by atoms with van der Waals surface area (Å²) in [6.07, 6.45) is 5.86. The van der Waals surface area contributed by atoms with Crippen molar-refractivity contribution >= 4 is 21.7 Å². The standard InChI is InChI=1S/C16H21BrO/c1-3-12-4-6-13(7-5-12)16(18)15-9-8-14(17)10-11(15)2/h8-10,12-13H,3-7H2,1-2H3. The van der Waals surface area contributed by atoms with E-state index < -0.39 is 0 Å².